The Balaban J connectivity index is 1.97. The molecular formula is C12H18N2. The van der Waals surface area contributed by atoms with Crippen molar-refractivity contribution in [1.29, 1.82) is 0 Å². The van der Waals surface area contributed by atoms with E-state index >= 15 is 0 Å². The second-order valence-corrected chi connectivity index (χ2v) is 4.44. The summed E-state index contributed by atoms with van der Waals surface area (Å²) in [6, 6.07) is 6.12. The van der Waals surface area contributed by atoms with E-state index in [2.05, 4.69) is 25.2 Å². The van der Waals surface area contributed by atoms with Crippen molar-refractivity contribution in [3.8, 4) is 0 Å². The van der Waals surface area contributed by atoms with Gasteiger partial charge in [-0.1, -0.05) is 13.0 Å². The molecule has 0 saturated heterocycles. The highest BCUT2D eigenvalue weighted by atomic mass is 14.9. The maximum absolute atomic E-state index is 5.87. The molecule has 2 nitrogen and oxygen atoms in total. The SMILES string of the molecule is Cc1ccc(N)c(NCC2CC2C)c1. The molecule has 2 rings (SSSR count). The molecule has 0 aliphatic heterocycles. The highest BCUT2D eigenvalue weighted by molar-refractivity contribution is 5.66. The average molecular weight is 190 g/mol. The molecule has 2 unspecified atom stereocenters. The predicted octanol–water partition coefficient (Wildman–Crippen LogP) is 2.65. The fraction of sp³-hybridized carbons (Fsp3) is 0.500. The van der Waals surface area contributed by atoms with Gasteiger partial charge >= 0.3 is 0 Å². The summed E-state index contributed by atoms with van der Waals surface area (Å²) in [5, 5.41) is 3.42. The number of rotatable bonds is 3. The third-order valence-electron chi connectivity index (χ3n) is 3.04. The smallest absolute Gasteiger partial charge is 0.0576 e. The zero-order chi connectivity index (χ0) is 10.1. The quantitative estimate of drug-likeness (QED) is 0.719. The molecular weight excluding hydrogens is 172 g/mol. The fourth-order valence-electron chi connectivity index (χ4n) is 1.75. The largest absolute Gasteiger partial charge is 0.397 e. The molecule has 0 aromatic heterocycles. The van der Waals surface area contributed by atoms with Crippen LogP contribution in [0.5, 0.6) is 0 Å². The third kappa shape index (κ3) is 2.00. The lowest BCUT2D eigenvalue weighted by molar-refractivity contribution is 0.787. The molecule has 3 N–H and O–H groups in total. The van der Waals surface area contributed by atoms with E-state index in [1.807, 2.05) is 12.1 Å². The summed E-state index contributed by atoms with van der Waals surface area (Å²) >= 11 is 0. The first-order chi connectivity index (χ1) is 6.66. The van der Waals surface area contributed by atoms with Gasteiger partial charge in [-0.3, -0.25) is 0 Å². The number of hydrogen-bond acceptors (Lipinski definition) is 2. The van der Waals surface area contributed by atoms with Gasteiger partial charge in [-0.05, 0) is 42.9 Å². The zero-order valence-electron chi connectivity index (χ0n) is 8.88. The normalized spacial score (nSPS) is 24.7. The Morgan fingerprint density at radius 1 is 1.50 bits per heavy atom. The van der Waals surface area contributed by atoms with Gasteiger partial charge in [0.15, 0.2) is 0 Å². The summed E-state index contributed by atoms with van der Waals surface area (Å²) in [5.41, 5.74) is 9.06. The van der Waals surface area contributed by atoms with Gasteiger partial charge in [0.2, 0.25) is 0 Å². The van der Waals surface area contributed by atoms with Crippen LogP contribution in [0.15, 0.2) is 18.2 Å². The van der Waals surface area contributed by atoms with Gasteiger partial charge in [0.25, 0.3) is 0 Å². The second-order valence-electron chi connectivity index (χ2n) is 4.44. The molecule has 76 valence electrons. The van der Waals surface area contributed by atoms with Crippen molar-refractivity contribution in [2.45, 2.75) is 20.3 Å². The molecule has 0 bridgehead atoms. The van der Waals surface area contributed by atoms with Gasteiger partial charge in [-0.15, -0.1) is 0 Å². The van der Waals surface area contributed by atoms with Crippen LogP contribution in [0.25, 0.3) is 0 Å². The molecule has 2 heteroatoms. The Bertz CT molecular complexity index is 333. The minimum Gasteiger partial charge on any atom is -0.397 e. The van der Waals surface area contributed by atoms with E-state index in [9.17, 15) is 0 Å². The highest BCUT2D eigenvalue weighted by Gasteiger charge is 2.31. The van der Waals surface area contributed by atoms with Crippen molar-refractivity contribution >= 4 is 11.4 Å². The molecule has 1 aromatic carbocycles. The summed E-state index contributed by atoms with van der Waals surface area (Å²) in [6.45, 7) is 5.45. The number of nitrogen functional groups attached to an aromatic ring is 1. The third-order valence-corrected chi connectivity index (χ3v) is 3.04. The van der Waals surface area contributed by atoms with Gasteiger partial charge in [0, 0.05) is 6.54 Å². The summed E-state index contributed by atoms with van der Waals surface area (Å²) in [4.78, 5) is 0. The van der Waals surface area contributed by atoms with Crippen LogP contribution >= 0.6 is 0 Å². The summed E-state index contributed by atoms with van der Waals surface area (Å²) in [5.74, 6) is 1.75. The zero-order valence-corrected chi connectivity index (χ0v) is 8.88. The lowest BCUT2D eigenvalue weighted by atomic mass is 10.2. The van der Waals surface area contributed by atoms with E-state index in [1.54, 1.807) is 0 Å². The number of nitrogens with two attached hydrogens (primary N) is 1. The maximum atomic E-state index is 5.87. The maximum Gasteiger partial charge on any atom is 0.0576 e. The monoisotopic (exact) mass is 190 g/mol. The van der Waals surface area contributed by atoms with E-state index in [1.165, 1.54) is 12.0 Å². The number of benzene rings is 1. The van der Waals surface area contributed by atoms with Crippen LogP contribution in [-0.2, 0) is 0 Å². The molecule has 1 fully saturated rings. The molecule has 0 radical (unpaired) electrons. The van der Waals surface area contributed by atoms with Gasteiger partial charge in [0.1, 0.15) is 0 Å². The molecule has 0 spiro atoms. The Kier molecular flexibility index (Phi) is 2.36. The Labute approximate surface area is 85.5 Å². The fourth-order valence-corrected chi connectivity index (χ4v) is 1.75. The van der Waals surface area contributed by atoms with Crippen LogP contribution in [0, 0.1) is 18.8 Å². The van der Waals surface area contributed by atoms with Gasteiger partial charge < -0.3 is 11.1 Å². The first-order valence-electron chi connectivity index (χ1n) is 5.27. The van der Waals surface area contributed by atoms with Crippen molar-refractivity contribution in [1.82, 2.24) is 0 Å². The van der Waals surface area contributed by atoms with Crippen molar-refractivity contribution in [2.24, 2.45) is 11.8 Å². The number of anilines is 2. The molecule has 1 aliphatic carbocycles. The highest BCUT2D eigenvalue weighted by Crippen LogP contribution is 2.37. The molecule has 1 aromatic rings. The van der Waals surface area contributed by atoms with Crippen LogP contribution in [0.1, 0.15) is 18.9 Å². The van der Waals surface area contributed by atoms with E-state index in [-0.39, 0.29) is 0 Å². The predicted molar refractivity (Wildman–Crippen MR) is 61.4 cm³/mol. The van der Waals surface area contributed by atoms with Gasteiger partial charge in [0.05, 0.1) is 11.4 Å². The lowest BCUT2D eigenvalue weighted by Crippen LogP contribution is -2.06. The van der Waals surface area contributed by atoms with E-state index in [0.717, 1.165) is 29.8 Å². The minimum absolute atomic E-state index is 0.851. The summed E-state index contributed by atoms with van der Waals surface area (Å²) in [6.07, 6.45) is 1.36. The Morgan fingerprint density at radius 3 is 2.86 bits per heavy atom. The van der Waals surface area contributed by atoms with Crippen molar-refractivity contribution < 1.29 is 0 Å². The Morgan fingerprint density at radius 2 is 2.21 bits per heavy atom. The molecule has 1 aliphatic rings. The number of aryl methyl sites for hydroxylation is 1. The van der Waals surface area contributed by atoms with E-state index < -0.39 is 0 Å². The van der Waals surface area contributed by atoms with Gasteiger partial charge in [-0.2, -0.15) is 0 Å². The van der Waals surface area contributed by atoms with Crippen molar-refractivity contribution in [3.05, 3.63) is 23.8 Å². The lowest BCUT2D eigenvalue weighted by Gasteiger charge is -2.09. The number of hydrogen-bond donors (Lipinski definition) is 2. The number of nitrogens with one attached hydrogen (secondary N) is 1. The Hall–Kier alpha value is -1.18. The topological polar surface area (TPSA) is 38.0 Å². The minimum atomic E-state index is 0.851. The molecule has 2 atom stereocenters. The first kappa shape index (κ1) is 9.38. The van der Waals surface area contributed by atoms with E-state index in [0.29, 0.717) is 0 Å². The average Bonchev–Trinajstić information content (AvgIpc) is 2.84. The second kappa shape index (κ2) is 3.52. The molecule has 0 amide bonds. The van der Waals surface area contributed by atoms with Crippen LogP contribution in [-0.4, -0.2) is 6.54 Å². The summed E-state index contributed by atoms with van der Waals surface area (Å²) < 4.78 is 0. The van der Waals surface area contributed by atoms with Gasteiger partial charge in [-0.25, -0.2) is 0 Å². The molecule has 1 saturated carbocycles. The first-order valence-corrected chi connectivity index (χ1v) is 5.27. The molecule has 14 heavy (non-hydrogen) atoms. The summed E-state index contributed by atoms with van der Waals surface area (Å²) in [7, 11) is 0. The van der Waals surface area contributed by atoms with Crippen LogP contribution in [0.3, 0.4) is 0 Å². The van der Waals surface area contributed by atoms with Crippen LogP contribution < -0.4 is 11.1 Å². The molecule has 0 heterocycles. The van der Waals surface area contributed by atoms with E-state index in [4.69, 9.17) is 5.73 Å². The van der Waals surface area contributed by atoms with Crippen LogP contribution in [0.2, 0.25) is 0 Å². The van der Waals surface area contributed by atoms with Crippen molar-refractivity contribution in [3.63, 3.8) is 0 Å². The van der Waals surface area contributed by atoms with Crippen LogP contribution in [0.4, 0.5) is 11.4 Å². The standard InChI is InChI=1S/C12H18N2/c1-8-3-4-11(13)12(5-8)14-7-10-6-9(10)2/h3-5,9-10,14H,6-7,13H2,1-2H3. The van der Waals surface area contributed by atoms with Crippen molar-refractivity contribution in [2.75, 3.05) is 17.6 Å².